The molecule has 0 amide bonds. The summed E-state index contributed by atoms with van der Waals surface area (Å²) >= 11 is 0. The van der Waals surface area contributed by atoms with Crippen molar-refractivity contribution in [3.63, 3.8) is 0 Å². The van der Waals surface area contributed by atoms with Crippen molar-refractivity contribution in [2.45, 2.75) is 57.5 Å². The van der Waals surface area contributed by atoms with Crippen molar-refractivity contribution in [3.05, 3.63) is 34.9 Å². The molecule has 3 rings (SSSR count). The van der Waals surface area contributed by atoms with Gasteiger partial charge in [0.25, 0.3) is 0 Å². The van der Waals surface area contributed by atoms with Gasteiger partial charge in [-0.3, -0.25) is 4.79 Å². The third-order valence-electron chi connectivity index (χ3n) is 6.31. The number of piperidine rings is 1. The highest BCUT2D eigenvalue weighted by molar-refractivity contribution is 5.77. The molecule has 2 aliphatic rings. The van der Waals surface area contributed by atoms with Gasteiger partial charge in [0.1, 0.15) is 6.29 Å². The van der Waals surface area contributed by atoms with Gasteiger partial charge in [-0.05, 0) is 81.5 Å². The summed E-state index contributed by atoms with van der Waals surface area (Å²) in [5.74, 6) is -0.145. The average Bonchev–Trinajstić information content (AvgIpc) is 2.62. The fourth-order valence-corrected chi connectivity index (χ4v) is 4.57. The second-order valence-corrected chi connectivity index (χ2v) is 8.07. The van der Waals surface area contributed by atoms with Crippen LogP contribution in [0.25, 0.3) is 0 Å². The maximum Gasteiger partial charge on any atom is 0.391 e. The number of hydrogen-bond donors (Lipinski definition) is 0. The van der Waals surface area contributed by atoms with Gasteiger partial charge in [0.15, 0.2) is 0 Å². The molecule has 0 unspecified atom stereocenters. The van der Waals surface area contributed by atoms with E-state index in [1.807, 2.05) is 13.0 Å². The van der Waals surface area contributed by atoms with Crippen molar-refractivity contribution in [2.75, 3.05) is 19.6 Å². The molecule has 144 valence electrons. The average molecular weight is 367 g/mol. The van der Waals surface area contributed by atoms with Gasteiger partial charge in [-0.25, -0.2) is 0 Å². The van der Waals surface area contributed by atoms with Crippen LogP contribution in [0.2, 0.25) is 0 Å². The molecule has 26 heavy (non-hydrogen) atoms. The summed E-state index contributed by atoms with van der Waals surface area (Å²) in [7, 11) is 0. The molecule has 2 fully saturated rings. The van der Waals surface area contributed by atoms with E-state index in [1.54, 1.807) is 0 Å². The van der Waals surface area contributed by atoms with Gasteiger partial charge in [-0.2, -0.15) is 13.2 Å². The molecule has 1 aromatic rings. The molecule has 1 heterocycles. The monoisotopic (exact) mass is 367 g/mol. The molecule has 1 aliphatic carbocycles. The molecule has 1 aliphatic heterocycles. The first-order chi connectivity index (χ1) is 12.4. The Hall–Kier alpha value is -1.36. The Kier molecular flexibility index (Phi) is 6.06. The van der Waals surface area contributed by atoms with Crippen LogP contribution in [-0.2, 0) is 0 Å². The predicted octanol–water partition coefficient (Wildman–Crippen LogP) is 5.36. The highest BCUT2D eigenvalue weighted by Gasteiger charge is 2.41. The van der Waals surface area contributed by atoms with Crippen LogP contribution in [0.4, 0.5) is 13.2 Å². The summed E-state index contributed by atoms with van der Waals surface area (Å²) < 4.78 is 38.3. The number of carbonyl (C=O) groups excluding carboxylic acids is 1. The number of halogens is 3. The van der Waals surface area contributed by atoms with E-state index in [1.165, 1.54) is 5.56 Å². The fraction of sp³-hybridized carbons (Fsp3) is 0.667. The molecule has 1 saturated heterocycles. The number of rotatable bonds is 4. The van der Waals surface area contributed by atoms with Gasteiger partial charge < -0.3 is 4.90 Å². The zero-order valence-electron chi connectivity index (χ0n) is 15.4. The number of carbonyl (C=O) groups is 1. The van der Waals surface area contributed by atoms with Crippen LogP contribution in [0.1, 0.15) is 65.9 Å². The van der Waals surface area contributed by atoms with E-state index in [9.17, 15) is 18.0 Å². The van der Waals surface area contributed by atoms with Crippen LogP contribution in [0.5, 0.6) is 0 Å². The predicted molar refractivity (Wildman–Crippen MR) is 96.5 cm³/mol. The Morgan fingerprint density at radius 2 is 1.73 bits per heavy atom. The van der Waals surface area contributed by atoms with Crippen LogP contribution < -0.4 is 0 Å². The van der Waals surface area contributed by atoms with Crippen molar-refractivity contribution in [1.29, 1.82) is 0 Å². The molecule has 0 aromatic heterocycles. The van der Waals surface area contributed by atoms with E-state index in [0.29, 0.717) is 37.5 Å². The molecule has 0 radical (unpaired) electrons. The smallest absolute Gasteiger partial charge is 0.303 e. The minimum absolute atomic E-state index is 0.299. The van der Waals surface area contributed by atoms with E-state index >= 15 is 0 Å². The van der Waals surface area contributed by atoms with Crippen LogP contribution >= 0.6 is 0 Å². The van der Waals surface area contributed by atoms with Crippen molar-refractivity contribution < 1.29 is 18.0 Å². The lowest BCUT2D eigenvalue weighted by atomic mass is 9.81. The number of alkyl halides is 3. The number of nitrogens with zero attached hydrogens (tertiary/aromatic N) is 1. The summed E-state index contributed by atoms with van der Waals surface area (Å²) in [6.45, 7) is 4.94. The van der Waals surface area contributed by atoms with Crippen molar-refractivity contribution in [2.24, 2.45) is 11.8 Å². The lowest BCUT2D eigenvalue weighted by Gasteiger charge is -2.37. The zero-order chi connectivity index (χ0) is 18.7. The Bertz CT molecular complexity index is 612. The molecular weight excluding hydrogens is 339 g/mol. The summed E-state index contributed by atoms with van der Waals surface area (Å²) in [5, 5.41) is 0. The zero-order valence-corrected chi connectivity index (χ0v) is 15.4. The quantitative estimate of drug-likeness (QED) is 0.668. The lowest BCUT2D eigenvalue weighted by Crippen LogP contribution is -2.38. The number of likely N-dealkylation sites (tertiary alicyclic amines) is 1. The van der Waals surface area contributed by atoms with Gasteiger partial charge in [0.05, 0.1) is 5.92 Å². The normalized spacial score (nSPS) is 26.0. The van der Waals surface area contributed by atoms with E-state index in [4.69, 9.17) is 0 Å². The Labute approximate surface area is 153 Å². The second kappa shape index (κ2) is 8.12. The Morgan fingerprint density at radius 1 is 1.08 bits per heavy atom. The first-order valence-electron chi connectivity index (χ1n) is 9.71. The van der Waals surface area contributed by atoms with Gasteiger partial charge in [-0.15, -0.1) is 0 Å². The third-order valence-corrected chi connectivity index (χ3v) is 6.31. The number of aldehydes is 1. The highest BCUT2D eigenvalue weighted by Crippen LogP contribution is 2.40. The summed E-state index contributed by atoms with van der Waals surface area (Å²) in [5.41, 5.74) is 3.08. The molecule has 0 spiro atoms. The first kappa shape index (κ1) is 19.4. The number of aryl methyl sites for hydroxylation is 1. The van der Waals surface area contributed by atoms with Crippen LogP contribution in [0.3, 0.4) is 0 Å². The van der Waals surface area contributed by atoms with Gasteiger partial charge >= 0.3 is 6.18 Å². The van der Waals surface area contributed by atoms with Crippen molar-refractivity contribution >= 4 is 6.29 Å². The summed E-state index contributed by atoms with van der Waals surface area (Å²) in [6.07, 6.45) is 1.05. The first-order valence-corrected chi connectivity index (χ1v) is 9.71. The summed E-state index contributed by atoms with van der Waals surface area (Å²) in [4.78, 5) is 13.4. The fourth-order valence-electron chi connectivity index (χ4n) is 4.57. The standard InChI is InChI=1S/C21H28F3NO/c1-15-12-18(4-5-19(15)14-26)17-8-10-25(11-9-17)13-16-2-6-20(7-3-16)21(22,23)24/h4-5,12,14,16-17,20H,2-3,6-11,13H2,1H3. The molecule has 0 bridgehead atoms. The van der Waals surface area contributed by atoms with E-state index in [2.05, 4.69) is 17.0 Å². The topological polar surface area (TPSA) is 20.3 Å². The molecule has 2 nitrogen and oxygen atoms in total. The number of benzene rings is 1. The highest BCUT2D eigenvalue weighted by atomic mass is 19.4. The van der Waals surface area contributed by atoms with Crippen LogP contribution in [0.15, 0.2) is 18.2 Å². The van der Waals surface area contributed by atoms with E-state index in [0.717, 1.165) is 49.9 Å². The van der Waals surface area contributed by atoms with Crippen LogP contribution in [0, 0.1) is 18.8 Å². The van der Waals surface area contributed by atoms with Gasteiger partial charge in [0.2, 0.25) is 0 Å². The molecule has 1 saturated carbocycles. The molecule has 0 atom stereocenters. The van der Waals surface area contributed by atoms with E-state index in [-0.39, 0.29) is 0 Å². The molecule has 0 N–H and O–H groups in total. The Balaban J connectivity index is 1.46. The molecule has 1 aromatic carbocycles. The van der Waals surface area contributed by atoms with Crippen molar-refractivity contribution in [1.82, 2.24) is 4.90 Å². The lowest BCUT2D eigenvalue weighted by molar-refractivity contribution is -0.184. The number of hydrogen-bond acceptors (Lipinski definition) is 2. The van der Waals surface area contributed by atoms with Crippen molar-refractivity contribution in [3.8, 4) is 0 Å². The SMILES string of the molecule is Cc1cc(C2CCN(CC3CCC(C(F)(F)F)CC3)CC2)ccc1C=O. The largest absolute Gasteiger partial charge is 0.391 e. The van der Waals surface area contributed by atoms with E-state index < -0.39 is 12.1 Å². The summed E-state index contributed by atoms with van der Waals surface area (Å²) in [6, 6.07) is 6.10. The minimum Gasteiger partial charge on any atom is -0.303 e. The second-order valence-electron chi connectivity index (χ2n) is 8.07. The maximum absolute atomic E-state index is 12.8. The third kappa shape index (κ3) is 4.67. The molecular formula is C21H28F3NO. The Morgan fingerprint density at radius 3 is 2.27 bits per heavy atom. The molecule has 5 heteroatoms. The van der Waals surface area contributed by atoms with Crippen LogP contribution in [-0.4, -0.2) is 37.0 Å². The maximum atomic E-state index is 12.8. The minimum atomic E-state index is -4.01. The van der Waals surface area contributed by atoms with Gasteiger partial charge in [0, 0.05) is 12.1 Å². The van der Waals surface area contributed by atoms with Gasteiger partial charge in [-0.1, -0.05) is 18.2 Å².